The predicted molar refractivity (Wildman–Crippen MR) is 105 cm³/mol. The van der Waals surface area contributed by atoms with Crippen molar-refractivity contribution in [1.82, 2.24) is 0 Å². The van der Waals surface area contributed by atoms with Crippen LogP contribution in [0.15, 0.2) is 48.5 Å². The molecule has 1 nitrogen and oxygen atoms in total. The molecule has 0 N–H and O–H groups in total. The highest BCUT2D eigenvalue weighted by molar-refractivity contribution is 6.89. The van der Waals surface area contributed by atoms with E-state index in [1.807, 2.05) is 0 Å². The zero-order chi connectivity index (χ0) is 19.2. The van der Waals surface area contributed by atoms with Gasteiger partial charge in [-0.25, -0.2) is 0 Å². The molecule has 0 saturated heterocycles. The maximum Gasteiger partial charge on any atom is 0.573 e. The van der Waals surface area contributed by atoms with Crippen LogP contribution in [0.2, 0.25) is 19.1 Å². The van der Waals surface area contributed by atoms with Crippen molar-refractivity contribution in [2.75, 3.05) is 0 Å². The second-order valence-corrected chi connectivity index (χ2v) is 12.2. The van der Waals surface area contributed by atoms with Gasteiger partial charge in [-0.05, 0) is 23.3 Å². The number of alkyl halides is 3. The first-order valence-electron chi connectivity index (χ1n) is 9.18. The third kappa shape index (κ3) is 6.20. The number of benzene rings is 2. The number of unbranched alkanes of at least 4 members (excludes halogenated alkanes) is 3. The lowest BCUT2D eigenvalue weighted by Gasteiger charge is -2.23. The molecule has 0 fully saturated rings. The van der Waals surface area contributed by atoms with Crippen LogP contribution in [0.1, 0.15) is 32.6 Å². The van der Waals surface area contributed by atoms with Gasteiger partial charge in [0.25, 0.3) is 0 Å². The van der Waals surface area contributed by atoms with Crippen molar-refractivity contribution >= 4 is 13.3 Å². The highest BCUT2D eigenvalue weighted by Gasteiger charge is 2.31. The van der Waals surface area contributed by atoms with E-state index in [2.05, 4.69) is 49.0 Å². The Morgan fingerprint density at radius 1 is 0.808 bits per heavy atom. The maximum atomic E-state index is 12.2. The van der Waals surface area contributed by atoms with Crippen molar-refractivity contribution in [3.63, 3.8) is 0 Å². The standard InChI is InChI=1S/C21H27F3OSi/c1-4-5-6-7-16-26(2,3)20-14-10-18(11-15-20)17-8-12-19(13-9-17)25-21(22,23)24/h8-15H,4-7,16H2,1-3H3. The first-order chi connectivity index (χ1) is 12.2. The van der Waals surface area contributed by atoms with E-state index in [4.69, 9.17) is 0 Å². The summed E-state index contributed by atoms with van der Waals surface area (Å²) in [6, 6.07) is 15.8. The Bertz CT molecular complexity index is 676. The largest absolute Gasteiger partial charge is 0.573 e. The molecule has 0 unspecified atom stereocenters. The molecule has 0 aliphatic rings. The van der Waals surface area contributed by atoms with Crippen LogP contribution in [0.5, 0.6) is 5.75 Å². The summed E-state index contributed by atoms with van der Waals surface area (Å²) in [4.78, 5) is 0. The minimum absolute atomic E-state index is 0.196. The fraction of sp³-hybridized carbons (Fsp3) is 0.429. The van der Waals surface area contributed by atoms with Gasteiger partial charge < -0.3 is 4.74 Å². The van der Waals surface area contributed by atoms with Crippen molar-refractivity contribution in [2.24, 2.45) is 0 Å². The first-order valence-corrected chi connectivity index (χ1v) is 12.4. The second-order valence-electron chi connectivity index (χ2n) is 7.34. The van der Waals surface area contributed by atoms with E-state index >= 15 is 0 Å². The highest BCUT2D eigenvalue weighted by Crippen LogP contribution is 2.26. The maximum absolute atomic E-state index is 12.2. The smallest absolute Gasteiger partial charge is 0.406 e. The fourth-order valence-electron chi connectivity index (χ4n) is 3.10. The monoisotopic (exact) mass is 380 g/mol. The van der Waals surface area contributed by atoms with E-state index in [1.165, 1.54) is 49.0 Å². The molecule has 0 spiro atoms. The molecule has 2 rings (SSSR count). The molecule has 0 radical (unpaired) electrons. The Balaban J connectivity index is 2.04. The summed E-state index contributed by atoms with van der Waals surface area (Å²) in [5, 5.41) is 1.43. The van der Waals surface area contributed by atoms with Crippen LogP contribution in [0, 0.1) is 0 Å². The molecule has 26 heavy (non-hydrogen) atoms. The van der Waals surface area contributed by atoms with Crippen LogP contribution in [-0.4, -0.2) is 14.4 Å². The van der Waals surface area contributed by atoms with Crippen molar-refractivity contribution in [1.29, 1.82) is 0 Å². The van der Waals surface area contributed by atoms with E-state index in [-0.39, 0.29) is 5.75 Å². The molecule has 0 saturated carbocycles. The van der Waals surface area contributed by atoms with Gasteiger partial charge >= 0.3 is 6.36 Å². The van der Waals surface area contributed by atoms with Gasteiger partial charge in [0, 0.05) is 0 Å². The Morgan fingerprint density at radius 2 is 1.35 bits per heavy atom. The molecule has 0 atom stereocenters. The lowest BCUT2D eigenvalue weighted by molar-refractivity contribution is -0.274. The minimum Gasteiger partial charge on any atom is -0.406 e. The van der Waals surface area contributed by atoms with Gasteiger partial charge in [0.1, 0.15) is 5.75 Å². The zero-order valence-corrected chi connectivity index (χ0v) is 16.7. The average Bonchev–Trinajstić information content (AvgIpc) is 2.58. The molecule has 0 aliphatic heterocycles. The van der Waals surface area contributed by atoms with Gasteiger partial charge in [0.05, 0.1) is 8.07 Å². The van der Waals surface area contributed by atoms with E-state index in [9.17, 15) is 13.2 Å². The fourth-order valence-corrected chi connectivity index (χ4v) is 5.59. The Labute approximate surface area is 155 Å². The SMILES string of the molecule is CCCCCC[Si](C)(C)c1ccc(-c2ccc(OC(F)(F)F)cc2)cc1. The summed E-state index contributed by atoms with van der Waals surface area (Å²) < 4.78 is 40.6. The van der Waals surface area contributed by atoms with Crippen LogP contribution in [0.3, 0.4) is 0 Å². The molecule has 5 heteroatoms. The van der Waals surface area contributed by atoms with Gasteiger partial charge in [-0.15, -0.1) is 13.2 Å². The second kappa shape index (κ2) is 8.76. The van der Waals surface area contributed by atoms with Crippen molar-refractivity contribution in [3.8, 4) is 16.9 Å². The topological polar surface area (TPSA) is 9.23 Å². The molecule has 0 heterocycles. The molecule has 2 aromatic rings. The number of hydrogen-bond donors (Lipinski definition) is 0. The van der Waals surface area contributed by atoms with Crippen LogP contribution >= 0.6 is 0 Å². The molecule has 0 aromatic heterocycles. The van der Waals surface area contributed by atoms with Crippen LogP contribution in [0.4, 0.5) is 13.2 Å². The summed E-state index contributed by atoms with van der Waals surface area (Å²) in [6.45, 7) is 7.03. The van der Waals surface area contributed by atoms with Crippen LogP contribution in [-0.2, 0) is 0 Å². The normalized spacial score (nSPS) is 12.2. The Kier molecular flexibility index (Phi) is 6.92. The molecule has 2 aromatic carbocycles. The van der Waals surface area contributed by atoms with Crippen LogP contribution in [0.25, 0.3) is 11.1 Å². The minimum atomic E-state index is -4.66. The van der Waals surface area contributed by atoms with Gasteiger partial charge in [0.2, 0.25) is 0 Å². The highest BCUT2D eigenvalue weighted by atomic mass is 28.3. The lowest BCUT2D eigenvalue weighted by atomic mass is 10.1. The predicted octanol–water partition coefficient (Wildman–Crippen LogP) is 6.75. The number of halogens is 3. The number of hydrogen-bond acceptors (Lipinski definition) is 1. The van der Waals surface area contributed by atoms with E-state index in [0.29, 0.717) is 0 Å². The van der Waals surface area contributed by atoms with Crippen molar-refractivity contribution in [2.45, 2.75) is 58.1 Å². The average molecular weight is 381 g/mol. The molecule has 0 amide bonds. The lowest BCUT2D eigenvalue weighted by Crippen LogP contribution is -2.40. The molecule has 0 bridgehead atoms. The van der Waals surface area contributed by atoms with Gasteiger partial charge in [0.15, 0.2) is 0 Å². The van der Waals surface area contributed by atoms with Crippen molar-refractivity contribution in [3.05, 3.63) is 48.5 Å². The van der Waals surface area contributed by atoms with Gasteiger partial charge in [-0.1, -0.05) is 93.3 Å². The molecular formula is C21H27F3OSi. The molecule has 142 valence electrons. The zero-order valence-electron chi connectivity index (χ0n) is 15.7. The summed E-state index contributed by atoms with van der Waals surface area (Å²) in [6.07, 6.45) is 0.490. The van der Waals surface area contributed by atoms with Gasteiger partial charge in [-0.3, -0.25) is 0 Å². The molecule has 0 aliphatic carbocycles. The summed E-state index contributed by atoms with van der Waals surface area (Å²) in [7, 11) is -1.43. The molecular weight excluding hydrogens is 353 g/mol. The van der Waals surface area contributed by atoms with E-state index < -0.39 is 14.4 Å². The van der Waals surface area contributed by atoms with E-state index in [0.717, 1.165) is 11.1 Å². The summed E-state index contributed by atoms with van der Waals surface area (Å²) in [5.41, 5.74) is 1.89. The summed E-state index contributed by atoms with van der Waals surface area (Å²) >= 11 is 0. The third-order valence-corrected chi connectivity index (χ3v) is 8.24. The Hall–Kier alpha value is -1.75. The number of ether oxygens (including phenoxy) is 1. The summed E-state index contributed by atoms with van der Waals surface area (Å²) in [5.74, 6) is -0.196. The van der Waals surface area contributed by atoms with Crippen LogP contribution < -0.4 is 9.92 Å². The quantitative estimate of drug-likeness (QED) is 0.364. The number of rotatable bonds is 8. The first kappa shape index (κ1) is 20.6. The van der Waals surface area contributed by atoms with E-state index in [1.54, 1.807) is 12.1 Å². The Morgan fingerprint density at radius 3 is 1.85 bits per heavy atom. The van der Waals surface area contributed by atoms with Gasteiger partial charge in [-0.2, -0.15) is 0 Å². The third-order valence-electron chi connectivity index (χ3n) is 4.74. The van der Waals surface area contributed by atoms with Crippen molar-refractivity contribution < 1.29 is 17.9 Å².